The van der Waals surface area contributed by atoms with Crippen LogP contribution in [-0.2, 0) is 0 Å². The number of para-hydroxylation sites is 1. The fourth-order valence-corrected chi connectivity index (χ4v) is 2.61. The predicted molar refractivity (Wildman–Crippen MR) is 95.0 cm³/mol. The Balaban J connectivity index is 2.03. The normalized spacial score (nSPS) is 11.0. The first-order valence-corrected chi connectivity index (χ1v) is 7.82. The summed E-state index contributed by atoms with van der Waals surface area (Å²) in [7, 11) is 0. The van der Waals surface area contributed by atoms with Gasteiger partial charge in [0.05, 0.1) is 11.1 Å². The molecule has 2 aromatic carbocycles. The molecule has 0 aliphatic heterocycles. The van der Waals surface area contributed by atoms with Gasteiger partial charge in [-0.15, -0.1) is 0 Å². The standard InChI is InChI=1S/C19H19N3O2/c1-11(2)15-6-4-5-14-10-20-19(22-17(14)15)21-16-9-13(18(23)24)8-7-12(16)3/h4-11H,1-3H3,(H,23,24)(H,20,21,22). The molecule has 1 aromatic heterocycles. The molecule has 2 N–H and O–H groups in total. The summed E-state index contributed by atoms with van der Waals surface area (Å²) in [6.07, 6.45) is 1.78. The molecular weight excluding hydrogens is 302 g/mol. The second-order valence-electron chi connectivity index (χ2n) is 6.09. The highest BCUT2D eigenvalue weighted by Gasteiger charge is 2.10. The van der Waals surface area contributed by atoms with Crippen LogP contribution in [0.25, 0.3) is 10.9 Å². The largest absolute Gasteiger partial charge is 0.478 e. The van der Waals surface area contributed by atoms with E-state index in [9.17, 15) is 4.79 Å². The lowest BCUT2D eigenvalue weighted by Crippen LogP contribution is -2.03. The molecule has 0 radical (unpaired) electrons. The van der Waals surface area contributed by atoms with Crippen molar-refractivity contribution in [1.82, 2.24) is 9.97 Å². The Hall–Kier alpha value is -2.95. The van der Waals surface area contributed by atoms with E-state index in [4.69, 9.17) is 5.11 Å². The van der Waals surface area contributed by atoms with Gasteiger partial charge in [-0.25, -0.2) is 14.8 Å². The minimum atomic E-state index is -0.959. The van der Waals surface area contributed by atoms with E-state index < -0.39 is 5.97 Å². The van der Waals surface area contributed by atoms with Gasteiger partial charge in [0.2, 0.25) is 5.95 Å². The van der Waals surface area contributed by atoms with E-state index in [0.29, 0.717) is 17.6 Å². The number of hydrogen-bond acceptors (Lipinski definition) is 4. The zero-order valence-corrected chi connectivity index (χ0v) is 13.9. The third-order valence-corrected chi connectivity index (χ3v) is 4.00. The number of fused-ring (bicyclic) bond motifs is 1. The number of aromatic carboxylic acids is 1. The van der Waals surface area contributed by atoms with E-state index in [1.165, 1.54) is 0 Å². The zero-order chi connectivity index (χ0) is 17.3. The third-order valence-electron chi connectivity index (χ3n) is 4.00. The summed E-state index contributed by atoms with van der Waals surface area (Å²) in [5, 5.41) is 13.3. The molecule has 0 fully saturated rings. The Morgan fingerprint density at radius 2 is 2.00 bits per heavy atom. The van der Waals surface area contributed by atoms with Crippen LogP contribution in [-0.4, -0.2) is 21.0 Å². The number of rotatable bonds is 4. The molecule has 0 amide bonds. The van der Waals surface area contributed by atoms with E-state index >= 15 is 0 Å². The first-order chi connectivity index (χ1) is 11.5. The van der Waals surface area contributed by atoms with Crippen LogP contribution in [0.4, 0.5) is 11.6 Å². The molecule has 122 valence electrons. The van der Waals surface area contributed by atoms with E-state index in [2.05, 4.69) is 35.2 Å². The van der Waals surface area contributed by atoms with Crippen molar-refractivity contribution in [3.05, 3.63) is 59.3 Å². The Morgan fingerprint density at radius 3 is 2.71 bits per heavy atom. The predicted octanol–water partition coefficient (Wildman–Crippen LogP) is 4.50. The van der Waals surface area contributed by atoms with Gasteiger partial charge >= 0.3 is 5.97 Å². The van der Waals surface area contributed by atoms with Gasteiger partial charge in [0, 0.05) is 17.3 Å². The van der Waals surface area contributed by atoms with E-state index in [1.807, 2.05) is 19.1 Å². The summed E-state index contributed by atoms with van der Waals surface area (Å²) in [5.74, 6) is -0.144. The van der Waals surface area contributed by atoms with Gasteiger partial charge in [-0.2, -0.15) is 0 Å². The highest BCUT2D eigenvalue weighted by atomic mass is 16.4. The van der Waals surface area contributed by atoms with Gasteiger partial charge in [0.15, 0.2) is 0 Å². The second kappa shape index (κ2) is 6.28. The molecular formula is C19H19N3O2. The van der Waals surface area contributed by atoms with Crippen molar-refractivity contribution in [2.45, 2.75) is 26.7 Å². The van der Waals surface area contributed by atoms with Gasteiger partial charge in [-0.1, -0.05) is 38.1 Å². The minimum Gasteiger partial charge on any atom is -0.478 e. The summed E-state index contributed by atoms with van der Waals surface area (Å²) >= 11 is 0. The van der Waals surface area contributed by atoms with E-state index in [0.717, 1.165) is 22.0 Å². The molecule has 0 spiro atoms. The highest BCUT2D eigenvalue weighted by molar-refractivity contribution is 5.89. The molecule has 3 rings (SSSR count). The zero-order valence-electron chi connectivity index (χ0n) is 13.9. The Kier molecular flexibility index (Phi) is 4.16. The van der Waals surface area contributed by atoms with Gasteiger partial charge in [-0.05, 0) is 36.1 Å². The van der Waals surface area contributed by atoms with Crippen molar-refractivity contribution in [3.63, 3.8) is 0 Å². The highest BCUT2D eigenvalue weighted by Crippen LogP contribution is 2.26. The van der Waals surface area contributed by atoms with Gasteiger partial charge in [0.25, 0.3) is 0 Å². The van der Waals surface area contributed by atoms with Crippen LogP contribution in [0.2, 0.25) is 0 Å². The molecule has 5 heteroatoms. The van der Waals surface area contributed by atoms with Crippen LogP contribution in [0.15, 0.2) is 42.6 Å². The van der Waals surface area contributed by atoms with Crippen LogP contribution in [0.3, 0.4) is 0 Å². The lowest BCUT2D eigenvalue weighted by molar-refractivity contribution is 0.0697. The first-order valence-electron chi connectivity index (χ1n) is 7.82. The summed E-state index contributed by atoms with van der Waals surface area (Å²) < 4.78 is 0. The number of carboxylic acid groups (broad SMARTS) is 1. The molecule has 0 unspecified atom stereocenters. The Bertz CT molecular complexity index is 920. The van der Waals surface area contributed by atoms with Crippen LogP contribution in [0.1, 0.15) is 41.3 Å². The fourth-order valence-electron chi connectivity index (χ4n) is 2.61. The van der Waals surface area contributed by atoms with Crippen molar-refractivity contribution >= 4 is 28.5 Å². The number of aromatic nitrogens is 2. The lowest BCUT2D eigenvalue weighted by atomic mass is 10.0. The Morgan fingerprint density at radius 1 is 1.21 bits per heavy atom. The first kappa shape index (κ1) is 15.9. The summed E-state index contributed by atoms with van der Waals surface area (Å²) in [4.78, 5) is 20.1. The molecule has 5 nitrogen and oxygen atoms in total. The van der Waals surface area contributed by atoms with E-state index in [1.54, 1.807) is 24.4 Å². The molecule has 3 aromatic rings. The molecule has 0 aliphatic carbocycles. The van der Waals surface area contributed by atoms with Gasteiger partial charge in [-0.3, -0.25) is 0 Å². The lowest BCUT2D eigenvalue weighted by Gasteiger charge is -2.12. The number of hydrogen-bond donors (Lipinski definition) is 2. The molecule has 0 saturated carbocycles. The maximum atomic E-state index is 11.2. The van der Waals surface area contributed by atoms with Crippen LogP contribution < -0.4 is 5.32 Å². The van der Waals surface area contributed by atoms with Gasteiger partial charge in [0.1, 0.15) is 0 Å². The third kappa shape index (κ3) is 3.06. The summed E-state index contributed by atoms with van der Waals surface area (Å²) in [6.45, 7) is 6.17. The maximum absolute atomic E-state index is 11.2. The molecule has 0 saturated heterocycles. The van der Waals surface area contributed by atoms with Crippen molar-refractivity contribution in [2.24, 2.45) is 0 Å². The van der Waals surface area contributed by atoms with Crippen molar-refractivity contribution < 1.29 is 9.90 Å². The molecule has 0 bridgehead atoms. The number of nitrogens with one attached hydrogen (secondary N) is 1. The van der Waals surface area contributed by atoms with Crippen LogP contribution in [0.5, 0.6) is 0 Å². The topological polar surface area (TPSA) is 75.1 Å². The van der Waals surface area contributed by atoms with Crippen LogP contribution in [0, 0.1) is 6.92 Å². The van der Waals surface area contributed by atoms with Crippen molar-refractivity contribution in [1.29, 1.82) is 0 Å². The smallest absolute Gasteiger partial charge is 0.335 e. The minimum absolute atomic E-state index is 0.228. The van der Waals surface area contributed by atoms with E-state index in [-0.39, 0.29) is 5.56 Å². The molecule has 0 atom stereocenters. The monoisotopic (exact) mass is 321 g/mol. The number of aryl methyl sites for hydroxylation is 1. The van der Waals surface area contributed by atoms with Gasteiger partial charge < -0.3 is 10.4 Å². The number of nitrogens with zero attached hydrogens (tertiary/aromatic N) is 2. The number of carbonyl (C=O) groups is 1. The van der Waals surface area contributed by atoms with Crippen LogP contribution >= 0.6 is 0 Å². The summed E-state index contributed by atoms with van der Waals surface area (Å²) in [5.41, 5.74) is 3.93. The Labute approximate surface area is 140 Å². The average molecular weight is 321 g/mol. The fraction of sp³-hybridized carbons (Fsp3) is 0.211. The molecule has 0 aliphatic rings. The SMILES string of the molecule is Cc1ccc(C(=O)O)cc1Nc1ncc2cccc(C(C)C)c2n1. The molecule has 1 heterocycles. The number of benzene rings is 2. The molecule has 24 heavy (non-hydrogen) atoms. The van der Waals surface area contributed by atoms with Crippen molar-refractivity contribution in [3.8, 4) is 0 Å². The second-order valence-corrected chi connectivity index (χ2v) is 6.09. The number of carboxylic acids is 1. The average Bonchev–Trinajstić information content (AvgIpc) is 2.55. The van der Waals surface area contributed by atoms with Crippen molar-refractivity contribution in [2.75, 3.05) is 5.32 Å². The summed E-state index contributed by atoms with van der Waals surface area (Å²) in [6, 6.07) is 11.0. The maximum Gasteiger partial charge on any atom is 0.335 e. The number of anilines is 2. The quantitative estimate of drug-likeness (QED) is 0.740.